The lowest BCUT2D eigenvalue weighted by Gasteiger charge is -2.12. The van der Waals surface area contributed by atoms with Crippen LogP contribution in [0.4, 0.5) is 20.2 Å². The molecule has 0 aliphatic rings. The van der Waals surface area contributed by atoms with E-state index in [2.05, 4.69) is 10.1 Å². The van der Waals surface area contributed by atoms with E-state index in [1.807, 2.05) is 0 Å². The van der Waals surface area contributed by atoms with Gasteiger partial charge in [0, 0.05) is 17.8 Å². The van der Waals surface area contributed by atoms with Crippen LogP contribution in [0.5, 0.6) is 17.2 Å². The number of nitro groups is 1. The van der Waals surface area contributed by atoms with Crippen molar-refractivity contribution in [2.24, 2.45) is 0 Å². The number of non-ortho nitro benzene ring substituents is 1. The second kappa shape index (κ2) is 8.60. The molecule has 8 nitrogen and oxygen atoms in total. The number of rotatable bonds is 8. The molecule has 138 valence electrons. The van der Waals surface area contributed by atoms with Gasteiger partial charge in [0.1, 0.15) is 5.75 Å². The summed E-state index contributed by atoms with van der Waals surface area (Å²) in [6, 6.07) is 9.31. The predicted molar refractivity (Wildman–Crippen MR) is 86.8 cm³/mol. The molecule has 0 bridgehead atoms. The van der Waals surface area contributed by atoms with Gasteiger partial charge in [-0.25, -0.2) is 0 Å². The Morgan fingerprint density at radius 3 is 2.65 bits per heavy atom. The molecule has 26 heavy (non-hydrogen) atoms. The molecule has 0 fully saturated rings. The van der Waals surface area contributed by atoms with Gasteiger partial charge in [0.05, 0.1) is 18.1 Å². The van der Waals surface area contributed by atoms with Crippen LogP contribution in [0.3, 0.4) is 0 Å². The van der Waals surface area contributed by atoms with Crippen molar-refractivity contribution in [2.45, 2.75) is 6.61 Å². The predicted octanol–water partition coefficient (Wildman–Crippen LogP) is 3.22. The molecule has 0 spiro atoms. The summed E-state index contributed by atoms with van der Waals surface area (Å²) in [5.41, 5.74) is 0.0148. The third-order valence-corrected chi connectivity index (χ3v) is 3.06. The molecule has 0 heterocycles. The quantitative estimate of drug-likeness (QED) is 0.567. The van der Waals surface area contributed by atoms with Crippen molar-refractivity contribution in [3.63, 3.8) is 0 Å². The summed E-state index contributed by atoms with van der Waals surface area (Å²) in [6.45, 7) is -3.48. The summed E-state index contributed by atoms with van der Waals surface area (Å²) in [6.07, 6.45) is 0. The van der Waals surface area contributed by atoms with Gasteiger partial charge >= 0.3 is 6.61 Å². The van der Waals surface area contributed by atoms with Crippen LogP contribution in [0.2, 0.25) is 0 Å². The Labute approximate surface area is 146 Å². The largest absolute Gasteiger partial charge is 0.493 e. The van der Waals surface area contributed by atoms with E-state index >= 15 is 0 Å². The number of methoxy groups -OCH3 is 1. The fourth-order valence-electron chi connectivity index (χ4n) is 1.98. The number of alkyl halides is 2. The van der Waals surface area contributed by atoms with Crippen molar-refractivity contribution in [2.75, 3.05) is 19.0 Å². The fourth-order valence-corrected chi connectivity index (χ4v) is 1.98. The zero-order valence-corrected chi connectivity index (χ0v) is 13.5. The first kappa shape index (κ1) is 18.9. The van der Waals surface area contributed by atoms with Gasteiger partial charge in [0.15, 0.2) is 18.1 Å². The van der Waals surface area contributed by atoms with Gasteiger partial charge in [-0.15, -0.1) is 0 Å². The molecule has 0 saturated carbocycles. The number of nitro benzene ring substituents is 1. The first-order chi connectivity index (χ1) is 12.4. The fraction of sp³-hybridized carbons (Fsp3) is 0.188. The van der Waals surface area contributed by atoms with Crippen molar-refractivity contribution < 1.29 is 32.7 Å². The zero-order chi connectivity index (χ0) is 19.1. The topological polar surface area (TPSA) is 99.9 Å². The van der Waals surface area contributed by atoms with E-state index in [1.54, 1.807) is 0 Å². The smallest absolute Gasteiger partial charge is 0.387 e. The van der Waals surface area contributed by atoms with Crippen LogP contribution in [-0.4, -0.2) is 31.2 Å². The Hall–Kier alpha value is -3.43. The highest BCUT2D eigenvalue weighted by Crippen LogP contribution is 2.31. The maximum Gasteiger partial charge on any atom is 0.387 e. The molecular formula is C16H14F2N2O6. The Bertz CT molecular complexity index is 800. The van der Waals surface area contributed by atoms with Crippen LogP contribution in [-0.2, 0) is 4.79 Å². The average Bonchev–Trinajstić information content (AvgIpc) is 2.60. The Kier molecular flexibility index (Phi) is 6.25. The molecule has 0 aliphatic carbocycles. The lowest BCUT2D eigenvalue weighted by molar-refractivity contribution is -0.384. The second-order valence-electron chi connectivity index (χ2n) is 4.84. The summed E-state index contributed by atoms with van der Waals surface area (Å²) in [7, 11) is 1.29. The minimum atomic E-state index is -3.05. The Morgan fingerprint density at radius 1 is 1.23 bits per heavy atom. The van der Waals surface area contributed by atoms with E-state index in [4.69, 9.17) is 9.47 Å². The van der Waals surface area contributed by atoms with Gasteiger partial charge in [0.2, 0.25) is 0 Å². The maximum atomic E-state index is 12.4. The van der Waals surface area contributed by atoms with E-state index in [-0.39, 0.29) is 28.6 Å². The number of ether oxygens (including phenoxy) is 3. The van der Waals surface area contributed by atoms with Gasteiger partial charge in [-0.05, 0) is 18.2 Å². The normalized spacial score (nSPS) is 10.3. The molecule has 1 amide bonds. The minimum absolute atomic E-state index is 0.0798. The molecule has 10 heteroatoms. The van der Waals surface area contributed by atoms with E-state index in [0.717, 1.165) is 0 Å². The van der Waals surface area contributed by atoms with Gasteiger partial charge < -0.3 is 19.5 Å². The summed E-state index contributed by atoms with van der Waals surface area (Å²) in [5.74, 6) is -0.605. The number of carbonyl (C=O) groups excluding carboxylic acids is 1. The van der Waals surface area contributed by atoms with Gasteiger partial charge in [-0.1, -0.05) is 6.07 Å². The first-order valence-corrected chi connectivity index (χ1v) is 7.19. The summed E-state index contributed by atoms with van der Waals surface area (Å²) >= 11 is 0. The highest BCUT2D eigenvalue weighted by Gasteiger charge is 2.13. The van der Waals surface area contributed by atoms with E-state index in [9.17, 15) is 23.7 Å². The monoisotopic (exact) mass is 368 g/mol. The second-order valence-corrected chi connectivity index (χ2v) is 4.84. The number of anilines is 1. The minimum Gasteiger partial charge on any atom is -0.493 e. The third kappa shape index (κ3) is 5.30. The number of hydrogen-bond acceptors (Lipinski definition) is 6. The molecular weight excluding hydrogens is 354 g/mol. The molecule has 0 unspecified atom stereocenters. The highest BCUT2D eigenvalue weighted by molar-refractivity contribution is 5.92. The molecule has 2 aromatic rings. The Balaban J connectivity index is 1.99. The lowest BCUT2D eigenvalue weighted by Crippen LogP contribution is -2.20. The number of halogens is 2. The van der Waals surface area contributed by atoms with Crippen molar-refractivity contribution in [3.8, 4) is 17.2 Å². The number of benzene rings is 2. The highest BCUT2D eigenvalue weighted by atomic mass is 19.3. The maximum absolute atomic E-state index is 12.4. The number of nitrogens with one attached hydrogen (secondary N) is 1. The van der Waals surface area contributed by atoms with E-state index in [1.165, 1.54) is 49.6 Å². The zero-order valence-electron chi connectivity index (χ0n) is 13.5. The molecule has 0 saturated heterocycles. The van der Waals surface area contributed by atoms with Gasteiger partial charge in [0.25, 0.3) is 11.6 Å². The first-order valence-electron chi connectivity index (χ1n) is 7.19. The molecule has 0 aromatic heterocycles. The summed E-state index contributed by atoms with van der Waals surface area (Å²) < 4.78 is 39.2. The molecule has 0 aliphatic heterocycles. The van der Waals surface area contributed by atoms with Crippen molar-refractivity contribution in [1.82, 2.24) is 0 Å². The van der Waals surface area contributed by atoms with Crippen LogP contribution < -0.4 is 19.5 Å². The van der Waals surface area contributed by atoms with Crippen LogP contribution in [0.25, 0.3) is 0 Å². The van der Waals surface area contributed by atoms with Crippen molar-refractivity contribution in [3.05, 3.63) is 52.6 Å². The molecule has 0 atom stereocenters. The van der Waals surface area contributed by atoms with Crippen LogP contribution >= 0.6 is 0 Å². The van der Waals surface area contributed by atoms with Crippen LogP contribution in [0.1, 0.15) is 0 Å². The Morgan fingerprint density at radius 2 is 2.00 bits per heavy atom. The molecule has 1 N–H and O–H groups in total. The van der Waals surface area contributed by atoms with Crippen LogP contribution in [0.15, 0.2) is 42.5 Å². The number of nitrogens with zero attached hydrogens (tertiary/aromatic N) is 1. The standard InChI is InChI=1S/C16H14F2N2O6/c1-24-13-6-5-10(7-14(13)26-16(17)18)19-15(21)9-25-12-4-2-3-11(8-12)20(22)23/h2-8,16H,9H2,1H3,(H,19,21). The van der Waals surface area contributed by atoms with Gasteiger partial charge in [-0.3, -0.25) is 14.9 Å². The van der Waals surface area contributed by atoms with E-state index in [0.29, 0.717) is 0 Å². The van der Waals surface area contributed by atoms with Crippen LogP contribution in [0, 0.1) is 10.1 Å². The lowest BCUT2D eigenvalue weighted by atomic mass is 10.2. The van der Waals surface area contributed by atoms with Gasteiger partial charge in [-0.2, -0.15) is 8.78 Å². The molecule has 0 radical (unpaired) electrons. The average molecular weight is 368 g/mol. The molecule has 2 rings (SSSR count). The van der Waals surface area contributed by atoms with Crippen molar-refractivity contribution in [1.29, 1.82) is 0 Å². The van der Waals surface area contributed by atoms with Crippen molar-refractivity contribution >= 4 is 17.3 Å². The summed E-state index contributed by atoms with van der Waals surface area (Å²) in [5, 5.41) is 13.1. The number of carbonyl (C=O) groups is 1. The third-order valence-electron chi connectivity index (χ3n) is 3.06. The number of hydrogen-bond donors (Lipinski definition) is 1. The molecule has 2 aromatic carbocycles. The SMILES string of the molecule is COc1ccc(NC(=O)COc2cccc([N+](=O)[O-])c2)cc1OC(F)F. The number of amides is 1. The summed E-state index contributed by atoms with van der Waals surface area (Å²) in [4.78, 5) is 22.0. The van der Waals surface area contributed by atoms with E-state index < -0.39 is 24.0 Å².